The zero-order chi connectivity index (χ0) is 57.0. The fourth-order valence-corrected chi connectivity index (χ4v) is 10.8. The molecule has 0 heterocycles. The maximum atomic E-state index is 13.0. The van der Waals surface area contributed by atoms with Crippen LogP contribution in [0.4, 0.5) is 0 Å². The number of carbonyl (C=O) groups excluding carboxylic acids is 1. The first kappa shape index (κ1) is 76.2. The number of carbonyl (C=O) groups is 1. The number of hydrogen-bond donors (Lipinski definition) is 2. The van der Waals surface area contributed by atoms with Crippen LogP contribution < -0.4 is 10.2 Å². The Kier molecular flexibility index (Phi) is 58.4. The highest BCUT2D eigenvalue weighted by Gasteiger charge is 2.24. The number of likely N-dealkylation sites (N-methyl/N-ethyl adjacent to an activating group) is 1. The van der Waals surface area contributed by atoms with E-state index in [0.29, 0.717) is 23.9 Å². The van der Waals surface area contributed by atoms with Gasteiger partial charge in [0.15, 0.2) is 0 Å². The molecule has 0 aliphatic carbocycles. The summed E-state index contributed by atoms with van der Waals surface area (Å²) in [5, 5.41) is 14.1. The second-order valence-corrected chi connectivity index (χ2v) is 25.6. The summed E-state index contributed by atoms with van der Waals surface area (Å²) in [4.78, 5) is 25.6. The van der Waals surface area contributed by atoms with Crippen LogP contribution in [0.15, 0.2) is 60.8 Å². The van der Waals surface area contributed by atoms with E-state index in [-0.39, 0.29) is 19.1 Å². The van der Waals surface area contributed by atoms with Crippen molar-refractivity contribution in [1.29, 1.82) is 0 Å². The Balaban J connectivity index is 4.07. The first-order chi connectivity index (χ1) is 38.0. The lowest BCUT2D eigenvalue weighted by Crippen LogP contribution is -2.46. The third kappa shape index (κ3) is 61.8. The van der Waals surface area contributed by atoms with Crippen LogP contribution in [0, 0.1) is 0 Å². The SMILES string of the molecule is CC/C=C\C/C=C\C/C=C\C/C=C\C/C=C\CCCCCCCCCCCCCC(=O)NC(COP(=O)([O-])OCC[N+](C)(C)C)C(O)CCCCCCCCCCCCCCCCCCCCCCCCCCCCCCC. The minimum Gasteiger partial charge on any atom is -0.756 e. The highest BCUT2D eigenvalue weighted by molar-refractivity contribution is 7.45. The Bertz CT molecular complexity index is 1450. The number of amides is 1. The van der Waals surface area contributed by atoms with Crippen LogP contribution in [0.1, 0.15) is 322 Å². The van der Waals surface area contributed by atoms with E-state index in [2.05, 4.69) is 79.9 Å². The summed E-state index contributed by atoms with van der Waals surface area (Å²) >= 11 is 0. The van der Waals surface area contributed by atoms with Gasteiger partial charge in [0, 0.05) is 6.42 Å². The van der Waals surface area contributed by atoms with Crippen molar-refractivity contribution >= 4 is 13.7 Å². The van der Waals surface area contributed by atoms with Gasteiger partial charge in [0.2, 0.25) is 5.91 Å². The molecular weight excluding hydrogens is 984 g/mol. The van der Waals surface area contributed by atoms with E-state index in [1.165, 1.54) is 225 Å². The molecule has 3 atom stereocenters. The molecule has 458 valence electrons. The molecule has 0 rings (SSSR count). The van der Waals surface area contributed by atoms with Gasteiger partial charge in [0.1, 0.15) is 13.2 Å². The highest BCUT2D eigenvalue weighted by atomic mass is 31.2. The number of allylic oxidation sites excluding steroid dienone is 10. The molecule has 0 spiro atoms. The van der Waals surface area contributed by atoms with E-state index < -0.39 is 20.0 Å². The summed E-state index contributed by atoms with van der Waals surface area (Å²) in [6.45, 7) is 4.65. The lowest BCUT2D eigenvalue weighted by molar-refractivity contribution is -0.870. The molecule has 2 N–H and O–H groups in total. The van der Waals surface area contributed by atoms with Gasteiger partial charge in [0.25, 0.3) is 7.82 Å². The lowest BCUT2D eigenvalue weighted by atomic mass is 10.0. The standard InChI is InChI=1S/C69H131N2O6P/c1-6-8-10-12-14-16-18-20-22-24-26-28-30-32-34-35-37-38-40-42-44-46-48-50-52-54-56-58-60-62-68(72)67(66-77-78(74,75)76-65-64-71(3,4)5)70-69(73)63-61-59-57-55-53-51-49-47-45-43-41-39-36-33-31-29-27-25-23-21-19-17-15-13-11-9-7-2/h9,11,15,17,21,23,27,29,33,36,67-68,72H,6-8,10,12-14,16,18-20,22,24-26,28,30-32,34-35,37-66H2,1-5H3,(H-,70,73,74,75)/b11-9-,17-15-,23-21-,29-27-,36-33-. The predicted octanol–water partition coefficient (Wildman–Crippen LogP) is 20.6. The lowest BCUT2D eigenvalue weighted by Gasteiger charge is -2.30. The number of unbranched alkanes of at least 4 members (excludes halogenated alkanes) is 39. The number of phosphoric ester groups is 1. The Labute approximate surface area is 485 Å². The topological polar surface area (TPSA) is 108 Å². The smallest absolute Gasteiger partial charge is 0.268 e. The molecule has 3 unspecified atom stereocenters. The molecule has 0 radical (unpaired) electrons. The molecular formula is C69H131N2O6P. The Morgan fingerprint density at radius 1 is 0.462 bits per heavy atom. The molecule has 9 heteroatoms. The minimum atomic E-state index is -4.58. The fraction of sp³-hybridized carbons (Fsp3) is 0.841. The number of nitrogens with zero attached hydrogens (tertiary/aromatic N) is 1. The van der Waals surface area contributed by atoms with Crippen LogP contribution in [-0.2, 0) is 18.4 Å². The second-order valence-electron chi connectivity index (χ2n) is 24.2. The van der Waals surface area contributed by atoms with E-state index in [9.17, 15) is 19.4 Å². The van der Waals surface area contributed by atoms with Crippen LogP contribution in [0.25, 0.3) is 0 Å². The van der Waals surface area contributed by atoms with E-state index >= 15 is 0 Å². The molecule has 0 aliphatic heterocycles. The Morgan fingerprint density at radius 2 is 0.782 bits per heavy atom. The quantitative estimate of drug-likeness (QED) is 0.0272. The van der Waals surface area contributed by atoms with Crippen LogP contribution >= 0.6 is 7.82 Å². The van der Waals surface area contributed by atoms with Crippen molar-refractivity contribution in [1.82, 2.24) is 5.32 Å². The first-order valence-corrected chi connectivity index (χ1v) is 35.1. The fourth-order valence-electron chi connectivity index (χ4n) is 10.1. The molecule has 0 saturated carbocycles. The van der Waals surface area contributed by atoms with Crippen molar-refractivity contribution < 1.29 is 32.9 Å². The molecule has 0 saturated heterocycles. The van der Waals surface area contributed by atoms with E-state index in [0.717, 1.165) is 70.6 Å². The average molecular weight is 1120 g/mol. The van der Waals surface area contributed by atoms with Crippen LogP contribution in [0.5, 0.6) is 0 Å². The molecule has 0 aromatic rings. The van der Waals surface area contributed by atoms with Crippen LogP contribution in [0.2, 0.25) is 0 Å². The number of rotatable bonds is 62. The van der Waals surface area contributed by atoms with Crippen molar-refractivity contribution in [2.24, 2.45) is 0 Å². The monoisotopic (exact) mass is 1110 g/mol. The van der Waals surface area contributed by atoms with Gasteiger partial charge in [-0.1, -0.05) is 319 Å². The molecule has 0 aromatic carbocycles. The number of phosphoric acid groups is 1. The molecule has 78 heavy (non-hydrogen) atoms. The second kappa shape index (κ2) is 59.8. The maximum absolute atomic E-state index is 13.0. The summed E-state index contributed by atoms with van der Waals surface area (Å²) in [5.74, 6) is -0.166. The number of aliphatic hydroxyl groups excluding tert-OH is 1. The molecule has 0 bridgehead atoms. The molecule has 0 aliphatic rings. The van der Waals surface area contributed by atoms with Crippen LogP contribution in [0.3, 0.4) is 0 Å². The third-order valence-corrected chi connectivity index (χ3v) is 16.2. The number of nitrogens with one attached hydrogen (secondary N) is 1. The number of hydrogen-bond acceptors (Lipinski definition) is 6. The Hall–Kier alpha value is -1.80. The number of aliphatic hydroxyl groups is 1. The van der Waals surface area contributed by atoms with Crippen molar-refractivity contribution in [3.05, 3.63) is 60.8 Å². The highest BCUT2D eigenvalue weighted by Crippen LogP contribution is 2.38. The van der Waals surface area contributed by atoms with Gasteiger partial charge in [-0.3, -0.25) is 9.36 Å². The van der Waals surface area contributed by atoms with Gasteiger partial charge in [-0.05, 0) is 57.8 Å². The van der Waals surface area contributed by atoms with Gasteiger partial charge in [-0.25, -0.2) is 0 Å². The summed E-state index contributed by atoms with van der Waals surface area (Å²) in [6, 6.07) is -0.807. The average Bonchev–Trinajstić information content (AvgIpc) is 3.41. The summed E-state index contributed by atoms with van der Waals surface area (Å²) in [5.41, 5.74) is 0. The largest absolute Gasteiger partial charge is 0.756 e. The first-order valence-electron chi connectivity index (χ1n) is 33.6. The van der Waals surface area contributed by atoms with E-state index in [1.54, 1.807) is 0 Å². The molecule has 1 amide bonds. The van der Waals surface area contributed by atoms with Crippen molar-refractivity contribution in [2.45, 2.75) is 334 Å². The summed E-state index contributed by atoms with van der Waals surface area (Å²) in [6.07, 6.45) is 81.4. The maximum Gasteiger partial charge on any atom is 0.268 e. The summed E-state index contributed by atoms with van der Waals surface area (Å²) in [7, 11) is 1.31. The van der Waals surface area contributed by atoms with Gasteiger partial charge in [-0.15, -0.1) is 0 Å². The van der Waals surface area contributed by atoms with Gasteiger partial charge in [-0.2, -0.15) is 0 Å². The van der Waals surface area contributed by atoms with Crippen molar-refractivity contribution in [3.8, 4) is 0 Å². The third-order valence-electron chi connectivity index (χ3n) is 15.3. The Morgan fingerprint density at radius 3 is 1.14 bits per heavy atom. The van der Waals surface area contributed by atoms with E-state index in [4.69, 9.17) is 9.05 Å². The van der Waals surface area contributed by atoms with Crippen molar-refractivity contribution in [2.75, 3.05) is 40.9 Å². The zero-order valence-electron chi connectivity index (χ0n) is 52.4. The molecule has 0 fully saturated rings. The van der Waals surface area contributed by atoms with E-state index in [1.807, 2.05) is 21.1 Å². The normalized spacial score (nSPS) is 14.1. The van der Waals surface area contributed by atoms with Crippen molar-refractivity contribution in [3.63, 3.8) is 0 Å². The van der Waals surface area contributed by atoms with Gasteiger partial charge in [0.05, 0.1) is 39.9 Å². The summed E-state index contributed by atoms with van der Waals surface area (Å²) < 4.78 is 23.5. The predicted molar refractivity (Wildman–Crippen MR) is 339 cm³/mol. The van der Waals surface area contributed by atoms with Gasteiger partial charge >= 0.3 is 0 Å². The zero-order valence-corrected chi connectivity index (χ0v) is 53.3. The molecule has 8 nitrogen and oxygen atoms in total. The minimum absolute atomic E-state index is 0.0104. The number of quaternary nitrogens is 1. The van der Waals surface area contributed by atoms with Gasteiger partial charge < -0.3 is 28.8 Å². The van der Waals surface area contributed by atoms with Crippen LogP contribution in [-0.4, -0.2) is 68.5 Å². The molecule has 0 aromatic heterocycles.